The van der Waals surface area contributed by atoms with E-state index in [1.54, 1.807) is 11.8 Å². The highest BCUT2D eigenvalue weighted by atomic mass is 32.1. The minimum absolute atomic E-state index is 0.0774. The Labute approximate surface area is 179 Å². The Kier molecular flexibility index (Phi) is 5.35. The lowest BCUT2D eigenvalue weighted by Gasteiger charge is -2.26. The van der Waals surface area contributed by atoms with Gasteiger partial charge in [0.05, 0.1) is 25.2 Å². The number of ether oxygens (including phenoxy) is 1. The Bertz CT molecular complexity index is 1300. The summed E-state index contributed by atoms with van der Waals surface area (Å²) < 4.78 is 8.60. The third kappa shape index (κ3) is 3.71. The minimum atomic E-state index is -0.565. The highest BCUT2D eigenvalue weighted by Gasteiger charge is 2.26. The number of rotatable bonds is 4. The highest BCUT2D eigenvalue weighted by Crippen LogP contribution is 2.28. The second-order valence-corrected chi connectivity index (χ2v) is 8.13. The summed E-state index contributed by atoms with van der Waals surface area (Å²) in [5.41, 5.74) is 0.308. The summed E-state index contributed by atoms with van der Waals surface area (Å²) in [6.45, 7) is 2.73. The fraction of sp³-hybridized carbons (Fsp3) is 0.444. The molecule has 1 aliphatic rings. The van der Waals surface area contributed by atoms with Crippen LogP contribution < -0.4 is 16.6 Å². The van der Waals surface area contributed by atoms with Crippen LogP contribution in [-0.2, 0) is 43.1 Å². The van der Waals surface area contributed by atoms with Crippen molar-refractivity contribution in [1.29, 1.82) is 0 Å². The molecule has 0 aliphatic carbocycles. The van der Waals surface area contributed by atoms with Crippen molar-refractivity contribution < 1.29 is 14.3 Å². The number of fused-ring (bicyclic) bond motifs is 2. The number of hydrogen-bond acceptors (Lipinski definition) is 8. The molecule has 3 aromatic heterocycles. The summed E-state index contributed by atoms with van der Waals surface area (Å²) in [6.07, 6.45) is 1.39. The van der Waals surface area contributed by atoms with Crippen LogP contribution in [0, 0.1) is 0 Å². The van der Waals surface area contributed by atoms with Crippen molar-refractivity contribution >= 4 is 39.6 Å². The van der Waals surface area contributed by atoms with E-state index in [0.29, 0.717) is 24.6 Å². The van der Waals surface area contributed by atoms with Gasteiger partial charge >= 0.3 is 11.8 Å². The van der Waals surface area contributed by atoms with Crippen molar-refractivity contribution in [3.05, 3.63) is 37.7 Å². The largest absolute Gasteiger partial charge is 0.450 e. The zero-order chi connectivity index (χ0) is 22.3. The number of carbonyl (C=O) groups is 2. The minimum Gasteiger partial charge on any atom is -0.450 e. The number of nitrogens with one attached hydrogen (secondary N) is 1. The van der Waals surface area contributed by atoms with Gasteiger partial charge in [-0.1, -0.05) is 11.3 Å². The molecule has 0 aromatic carbocycles. The van der Waals surface area contributed by atoms with E-state index in [1.165, 1.54) is 40.9 Å². The van der Waals surface area contributed by atoms with E-state index in [0.717, 1.165) is 15.1 Å². The van der Waals surface area contributed by atoms with Crippen molar-refractivity contribution in [2.24, 2.45) is 14.1 Å². The fourth-order valence-corrected chi connectivity index (χ4v) is 4.49. The lowest BCUT2D eigenvalue weighted by Crippen LogP contribution is -2.39. The molecule has 0 spiro atoms. The first-order valence-corrected chi connectivity index (χ1v) is 10.4. The van der Waals surface area contributed by atoms with Gasteiger partial charge in [-0.25, -0.2) is 19.6 Å². The predicted molar refractivity (Wildman–Crippen MR) is 112 cm³/mol. The number of hydrogen-bond donors (Lipinski definition) is 1. The summed E-state index contributed by atoms with van der Waals surface area (Å²) in [6, 6.07) is 0. The van der Waals surface area contributed by atoms with Crippen LogP contribution in [0.1, 0.15) is 17.5 Å². The normalized spacial score (nSPS) is 13.3. The van der Waals surface area contributed by atoms with E-state index < -0.39 is 17.3 Å². The van der Waals surface area contributed by atoms with E-state index in [-0.39, 0.29) is 30.2 Å². The molecule has 4 heterocycles. The van der Waals surface area contributed by atoms with Crippen LogP contribution >= 0.6 is 11.3 Å². The quantitative estimate of drug-likeness (QED) is 0.597. The van der Waals surface area contributed by atoms with Gasteiger partial charge in [-0.3, -0.25) is 24.0 Å². The number of imidazole rings is 1. The molecule has 0 atom stereocenters. The average Bonchev–Trinajstić information content (AvgIpc) is 3.33. The fourth-order valence-electron chi connectivity index (χ4n) is 3.48. The van der Waals surface area contributed by atoms with Crippen LogP contribution in [0.5, 0.6) is 0 Å². The van der Waals surface area contributed by atoms with Gasteiger partial charge in [0, 0.05) is 31.9 Å². The molecule has 2 amide bonds. The first-order valence-electron chi connectivity index (χ1n) is 9.61. The topological polar surface area (TPSA) is 133 Å². The average molecular weight is 447 g/mol. The molecule has 0 unspecified atom stereocenters. The molecular weight excluding hydrogens is 426 g/mol. The van der Waals surface area contributed by atoms with Crippen molar-refractivity contribution in [1.82, 2.24) is 28.6 Å². The van der Waals surface area contributed by atoms with Gasteiger partial charge < -0.3 is 14.2 Å². The van der Waals surface area contributed by atoms with Gasteiger partial charge in [-0.05, 0) is 6.92 Å². The third-order valence-corrected chi connectivity index (χ3v) is 6.09. The maximum Gasteiger partial charge on any atom is 0.413 e. The van der Waals surface area contributed by atoms with Crippen molar-refractivity contribution in [3.8, 4) is 0 Å². The Morgan fingerprint density at radius 3 is 2.77 bits per heavy atom. The maximum atomic E-state index is 12.9. The number of thiazole rings is 1. The lowest BCUT2D eigenvalue weighted by atomic mass is 10.2. The molecule has 0 fully saturated rings. The van der Waals surface area contributed by atoms with Gasteiger partial charge in [-0.15, -0.1) is 0 Å². The zero-order valence-electron chi connectivity index (χ0n) is 17.2. The Hall–Kier alpha value is -3.48. The monoisotopic (exact) mass is 447 g/mol. The maximum absolute atomic E-state index is 12.9. The van der Waals surface area contributed by atoms with E-state index in [2.05, 4.69) is 15.3 Å². The summed E-state index contributed by atoms with van der Waals surface area (Å²) in [4.78, 5) is 60.2. The Balaban J connectivity index is 1.52. The SMILES string of the molecule is CCOC(=O)Nc1nc2c(s1)CN(C(=O)Cn1cnc3c1c(=O)n(C)c(=O)n3C)CC2. The molecule has 12 nitrogen and oxygen atoms in total. The molecule has 164 valence electrons. The standard InChI is InChI=1S/C18H21N7O5S/c1-4-30-17(28)21-16-20-10-5-6-24(7-11(10)31-16)12(26)8-25-9-19-14-13(25)15(27)23(3)18(29)22(14)2/h9H,4-8H2,1-3H3,(H,20,21,28). The molecule has 3 aromatic rings. The third-order valence-electron chi connectivity index (χ3n) is 5.09. The van der Waals surface area contributed by atoms with Crippen LogP contribution in [0.15, 0.2) is 15.9 Å². The zero-order valence-corrected chi connectivity index (χ0v) is 18.1. The number of aryl methyl sites for hydroxylation is 1. The Morgan fingerprint density at radius 1 is 1.26 bits per heavy atom. The second-order valence-electron chi connectivity index (χ2n) is 7.05. The van der Waals surface area contributed by atoms with Crippen molar-refractivity contribution in [2.75, 3.05) is 18.5 Å². The number of aromatic nitrogens is 5. The van der Waals surface area contributed by atoms with Crippen molar-refractivity contribution in [3.63, 3.8) is 0 Å². The molecule has 0 radical (unpaired) electrons. The van der Waals surface area contributed by atoms with Crippen LogP contribution in [0.25, 0.3) is 11.2 Å². The van der Waals surface area contributed by atoms with E-state index in [9.17, 15) is 19.2 Å². The first kappa shape index (κ1) is 20.8. The summed E-state index contributed by atoms with van der Waals surface area (Å²) in [7, 11) is 2.92. The lowest BCUT2D eigenvalue weighted by molar-refractivity contribution is -0.132. The summed E-state index contributed by atoms with van der Waals surface area (Å²) in [5.74, 6) is -0.186. The highest BCUT2D eigenvalue weighted by molar-refractivity contribution is 7.15. The molecule has 1 aliphatic heterocycles. The van der Waals surface area contributed by atoms with E-state index in [4.69, 9.17) is 4.74 Å². The number of anilines is 1. The number of nitrogens with zero attached hydrogens (tertiary/aromatic N) is 6. The first-order chi connectivity index (χ1) is 14.8. The summed E-state index contributed by atoms with van der Waals surface area (Å²) >= 11 is 1.30. The van der Waals surface area contributed by atoms with Gasteiger partial charge in [0.25, 0.3) is 5.56 Å². The number of carbonyl (C=O) groups excluding carboxylic acids is 2. The van der Waals surface area contributed by atoms with E-state index >= 15 is 0 Å². The van der Waals surface area contributed by atoms with Gasteiger partial charge in [0.1, 0.15) is 6.54 Å². The predicted octanol–water partition coefficient (Wildman–Crippen LogP) is 0.0435. The van der Waals surface area contributed by atoms with Crippen LogP contribution in [0.3, 0.4) is 0 Å². The second kappa shape index (κ2) is 7.98. The van der Waals surface area contributed by atoms with Gasteiger partial charge in [-0.2, -0.15) is 0 Å². The number of amides is 2. The molecule has 0 saturated carbocycles. The summed E-state index contributed by atoms with van der Waals surface area (Å²) in [5, 5.41) is 3.02. The van der Waals surface area contributed by atoms with Crippen LogP contribution in [0.4, 0.5) is 9.93 Å². The smallest absolute Gasteiger partial charge is 0.413 e. The molecule has 1 N–H and O–H groups in total. The van der Waals surface area contributed by atoms with Crippen LogP contribution in [-0.4, -0.2) is 53.7 Å². The molecule has 13 heteroatoms. The molecule has 31 heavy (non-hydrogen) atoms. The van der Waals surface area contributed by atoms with Gasteiger partial charge in [0.15, 0.2) is 16.3 Å². The van der Waals surface area contributed by atoms with E-state index in [1.807, 2.05) is 0 Å². The molecule has 0 saturated heterocycles. The molecular formula is C18H21N7O5S. The molecule has 4 rings (SSSR count). The van der Waals surface area contributed by atoms with Crippen molar-refractivity contribution in [2.45, 2.75) is 26.4 Å². The van der Waals surface area contributed by atoms with Crippen LogP contribution in [0.2, 0.25) is 0 Å². The Morgan fingerprint density at radius 2 is 2.03 bits per heavy atom. The molecule has 0 bridgehead atoms. The van der Waals surface area contributed by atoms with Gasteiger partial charge in [0.2, 0.25) is 5.91 Å².